The van der Waals surface area contributed by atoms with Gasteiger partial charge in [-0.1, -0.05) is 12.1 Å². The lowest BCUT2D eigenvalue weighted by Crippen LogP contribution is -2.41. The van der Waals surface area contributed by atoms with E-state index in [4.69, 9.17) is 0 Å². The second kappa shape index (κ2) is 6.70. The number of para-hydroxylation sites is 1. The maximum atomic E-state index is 12.4. The van der Waals surface area contributed by atoms with Gasteiger partial charge < -0.3 is 15.6 Å². The van der Waals surface area contributed by atoms with Crippen molar-refractivity contribution in [2.45, 2.75) is 25.3 Å². The molecule has 0 unspecified atom stereocenters. The Morgan fingerprint density at radius 2 is 2.29 bits per heavy atom. The van der Waals surface area contributed by atoms with Crippen LogP contribution in [0.2, 0.25) is 0 Å². The van der Waals surface area contributed by atoms with Gasteiger partial charge in [-0.25, -0.2) is 9.97 Å². The highest BCUT2D eigenvalue weighted by Gasteiger charge is 2.27. The number of aromatic amines is 1. The molecular weight excluding hydrogens is 322 g/mol. The molecule has 1 aliphatic heterocycles. The number of amides is 1. The molecule has 1 aromatic carbocycles. The predicted molar refractivity (Wildman–Crippen MR) is 94.0 cm³/mol. The molecule has 0 spiro atoms. The van der Waals surface area contributed by atoms with Crippen LogP contribution in [0.3, 0.4) is 0 Å². The molecule has 124 valence electrons. The van der Waals surface area contributed by atoms with E-state index in [0.717, 1.165) is 47.7 Å². The van der Waals surface area contributed by atoms with Gasteiger partial charge in [0.25, 0.3) is 0 Å². The van der Waals surface area contributed by atoms with Crippen LogP contribution >= 0.6 is 11.3 Å². The van der Waals surface area contributed by atoms with Crippen LogP contribution in [-0.4, -0.2) is 33.9 Å². The molecule has 7 heteroatoms. The van der Waals surface area contributed by atoms with E-state index in [0.29, 0.717) is 6.54 Å². The molecule has 3 N–H and O–H groups in total. The molecule has 0 saturated heterocycles. The van der Waals surface area contributed by atoms with Gasteiger partial charge in [0.15, 0.2) is 0 Å². The molecule has 3 heterocycles. The van der Waals surface area contributed by atoms with Crippen molar-refractivity contribution in [3.05, 3.63) is 47.0 Å². The molecule has 4 rings (SSSR count). The Hall–Kier alpha value is -2.25. The van der Waals surface area contributed by atoms with Crippen molar-refractivity contribution in [2.75, 3.05) is 13.1 Å². The second-order valence-corrected chi connectivity index (χ2v) is 6.99. The Balaban J connectivity index is 1.29. The molecule has 0 saturated carbocycles. The number of hydrogen-bond donors (Lipinski definition) is 3. The summed E-state index contributed by atoms with van der Waals surface area (Å²) in [7, 11) is 0. The summed E-state index contributed by atoms with van der Waals surface area (Å²) in [4.78, 5) is 24.4. The summed E-state index contributed by atoms with van der Waals surface area (Å²) in [5, 5.41) is 7.36. The summed E-state index contributed by atoms with van der Waals surface area (Å²) >= 11 is 1.73. The fourth-order valence-electron chi connectivity index (χ4n) is 3.02. The second-order valence-electron chi connectivity index (χ2n) is 5.87. The minimum absolute atomic E-state index is 0.00708. The van der Waals surface area contributed by atoms with Crippen LogP contribution in [-0.2, 0) is 17.6 Å². The van der Waals surface area contributed by atoms with E-state index in [1.54, 1.807) is 17.7 Å². The van der Waals surface area contributed by atoms with Gasteiger partial charge in [-0.2, -0.15) is 0 Å². The number of carbonyl (C=O) groups excluding carboxylic acids is 1. The first-order chi connectivity index (χ1) is 11.8. The molecule has 1 atom stereocenters. The van der Waals surface area contributed by atoms with E-state index in [1.165, 1.54) is 4.70 Å². The Morgan fingerprint density at radius 1 is 1.38 bits per heavy atom. The van der Waals surface area contributed by atoms with Crippen molar-refractivity contribution in [3.63, 3.8) is 0 Å². The number of imidazole rings is 1. The van der Waals surface area contributed by atoms with Gasteiger partial charge in [0, 0.05) is 31.6 Å². The summed E-state index contributed by atoms with van der Waals surface area (Å²) in [6.45, 7) is 1.44. The lowest BCUT2D eigenvalue weighted by Gasteiger charge is -2.22. The highest BCUT2D eigenvalue weighted by atomic mass is 32.1. The third-order valence-corrected chi connectivity index (χ3v) is 5.31. The Kier molecular flexibility index (Phi) is 4.27. The number of aromatic nitrogens is 3. The SMILES string of the molecule is O=C(NCCCc1nc2ccccc2s1)[C@H]1NCCc2[nH]cnc21. The first-order valence-electron chi connectivity index (χ1n) is 8.19. The monoisotopic (exact) mass is 341 g/mol. The largest absolute Gasteiger partial charge is 0.354 e. The molecule has 1 aliphatic rings. The third kappa shape index (κ3) is 3.05. The maximum Gasteiger partial charge on any atom is 0.243 e. The Bertz CT molecular complexity index is 822. The van der Waals surface area contributed by atoms with E-state index < -0.39 is 0 Å². The zero-order valence-electron chi connectivity index (χ0n) is 13.2. The van der Waals surface area contributed by atoms with Crippen LogP contribution in [0.4, 0.5) is 0 Å². The summed E-state index contributed by atoms with van der Waals surface area (Å²) in [5.74, 6) is -0.00708. The van der Waals surface area contributed by atoms with Gasteiger partial charge in [-0.15, -0.1) is 11.3 Å². The van der Waals surface area contributed by atoms with Crippen molar-refractivity contribution < 1.29 is 4.79 Å². The smallest absolute Gasteiger partial charge is 0.243 e. The van der Waals surface area contributed by atoms with E-state index in [2.05, 4.69) is 31.7 Å². The number of aryl methyl sites for hydroxylation is 1. The van der Waals surface area contributed by atoms with Crippen LogP contribution in [0.25, 0.3) is 10.2 Å². The number of fused-ring (bicyclic) bond motifs is 2. The molecule has 24 heavy (non-hydrogen) atoms. The van der Waals surface area contributed by atoms with E-state index in [9.17, 15) is 4.79 Å². The van der Waals surface area contributed by atoms with E-state index >= 15 is 0 Å². The molecule has 1 amide bonds. The zero-order valence-corrected chi connectivity index (χ0v) is 14.0. The predicted octanol–water partition coefficient (Wildman–Crippen LogP) is 1.96. The topological polar surface area (TPSA) is 82.7 Å². The normalized spacial score (nSPS) is 16.9. The Labute approximate surface area is 143 Å². The highest BCUT2D eigenvalue weighted by molar-refractivity contribution is 7.18. The van der Waals surface area contributed by atoms with Crippen LogP contribution < -0.4 is 10.6 Å². The molecule has 0 fully saturated rings. The van der Waals surface area contributed by atoms with Crippen molar-refractivity contribution in [1.29, 1.82) is 0 Å². The number of nitrogens with zero attached hydrogens (tertiary/aromatic N) is 2. The van der Waals surface area contributed by atoms with Gasteiger partial charge in [0.2, 0.25) is 5.91 Å². The van der Waals surface area contributed by atoms with Crippen molar-refractivity contribution in [2.24, 2.45) is 0 Å². The quantitative estimate of drug-likeness (QED) is 0.620. The number of carbonyl (C=O) groups is 1. The first kappa shape index (κ1) is 15.3. The highest BCUT2D eigenvalue weighted by Crippen LogP contribution is 2.22. The van der Waals surface area contributed by atoms with Crippen LogP contribution in [0, 0.1) is 0 Å². The van der Waals surface area contributed by atoms with E-state index in [1.807, 2.05) is 18.2 Å². The van der Waals surface area contributed by atoms with Crippen molar-refractivity contribution in [3.8, 4) is 0 Å². The average molecular weight is 341 g/mol. The molecule has 0 aliphatic carbocycles. The maximum absolute atomic E-state index is 12.4. The minimum atomic E-state index is -0.345. The molecule has 2 aromatic heterocycles. The summed E-state index contributed by atoms with van der Waals surface area (Å²) in [5.41, 5.74) is 2.94. The fourth-order valence-corrected chi connectivity index (χ4v) is 4.02. The fraction of sp³-hybridized carbons (Fsp3) is 0.353. The summed E-state index contributed by atoms with van der Waals surface area (Å²) < 4.78 is 1.22. The van der Waals surface area contributed by atoms with E-state index in [-0.39, 0.29) is 11.9 Å². The summed E-state index contributed by atoms with van der Waals surface area (Å²) in [6, 6.07) is 7.82. The number of H-pyrrole nitrogens is 1. The molecule has 0 radical (unpaired) electrons. The summed E-state index contributed by atoms with van der Waals surface area (Å²) in [6.07, 6.45) is 4.30. The van der Waals surface area contributed by atoms with Gasteiger partial charge in [-0.3, -0.25) is 4.79 Å². The third-order valence-electron chi connectivity index (χ3n) is 4.22. The van der Waals surface area contributed by atoms with Crippen LogP contribution in [0.15, 0.2) is 30.6 Å². The lowest BCUT2D eigenvalue weighted by atomic mass is 10.1. The van der Waals surface area contributed by atoms with Crippen molar-refractivity contribution >= 4 is 27.5 Å². The molecule has 6 nitrogen and oxygen atoms in total. The number of thiazole rings is 1. The first-order valence-corrected chi connectivity index (χ1v) is 9.00. The van der Waals surface area contributed by atoms with Crippen LogP contribution in [0.1, 0.15) is 28.9 Å². The molecular formula is C17H19N5OS. The Morgan fingerprint density at radius 3 is 3.21 bits per heavy atom. The number of rotatable bonds is 5. The number of hydrogen-bond acceptors (Lipinski definition) is 5. The van der Waals surface area contributed by atoms with Gasteiger partial charge in [0.1, 0.15) is 6.04 Å². The van der Waals surface area contributed by atoms with Gasteiger partial charge in [-0.05, 0) is 18.6 Å². The molecule has 0 bridgehead atoms. The van der Waals surface area contributed by atoms with Crippen LogP contribution in [0.5, 0.6) is 0 Å². The van der Waals surface area contributed by atoms with Crippen molar-refractivity contribution in [1.82, 2.24) is 25.6 Å². The lowest BCUT2D eigenvalue weighted by molar-refractivity contribution is -0.123. The number of benzene rings is 1. The number of nitrogens with one attached hydrogen (secondary N) is 3. The van der Waals surface area contributed by atoms with Gasteiger partial charge in [0.05, 0.1) is 27.2 Å². The average Bonchev–Trinajstić information content (AvgIpc) is 3.24. The standard InChI is InChI=1S/C17H19N5OS/c23-17(16-15-12(7-9-18-16)20-10-21-15)19-8-3-6-14-22-11-4-1-2-5-13(11)24-14/h1-2,4-5,10,16,18H,3,6-9H2,(H,19,23)(H,20,21)/t16-/m0/s1. The zero-order chi connectivity index (χ0) is 16.4. The minimum Gasteiger partial charge on any atom is -0.354 e. The van der Waals surface area contributed by atoms with Gasteiger partial charge >= 0.3 is 0 Å². The molecule has 3 aromatic rings.